The Balaban J connectivity index is 1.64. The van der Waals surface area contributed by atoms with Crippen LogP contribution in [0.1, 0.15) is 36.6 Å². The van der Waals surface area contributed by atoms with Crippen LogP contribution in [-0.2, 0) is 9.53 Å². The number of carbonyl (C=O) groups is 4. The number of hydrogen-bond acceptors (Lipinski definition) is 5. The molecule has 1 aliphatic rings. The average Bonchev–Trinajstić information content (AvgIpc) is 2.93. The molecular formula is C21H17FN2O5. The number of hydrogen-bond donors (Lipinski definition) is 1. The molecule has 7 nitrogen and oxygen atoms in total. The van der Waals surface area contributed by atoms with E-state index in [0.29, 0.717) is 5.56 Å². The lowest BCUT2D eigenvalue weighted by atomic mass is 10.1. The lowest BCUT2D eigenvalue weighted by molar-refractivity contribution is -0.119. The van der Waals surface area contributed by atoms with Crippen LogP contribution < -0.4 is 5.32 Å². The van der Waals surface area contributed by atoms with Crippen molar-refractivity contribution in [2.45, 2.75) is 6.92 Å². The third-order valence-electron chi connectivity index (χ3n) is 4.31. The highest BCUT2D eigenvalue weighted by Gasteiger charge is 2.35. The van der Waals surface area contributed by atoms with E-state index in [1.807, 2.05) is 0 Å². The lowest BCUT2D eigenvalue weighted by Gasteiger charge is -2.09. The molecule has 0 aliphatic carbocycles. The van der Waals surface area contributed by atoms with Gasteiger partial charge in [-0.1, -0.05) is 12.1 Å². The standard InChI is InChI=1S/C21H17FN2O5/c1-3-8-24-19(26)15-7-5-13(9-16(15)20(24)27)21(28)29-11-18(25)23-14-6-4-12(2)17(22)10-14/h3-7,9-10H,1,8,11H2,2H3,(H,23,25). The molecule has 0 bridgehead atoms. The third-order valence-corrected chi connectivity index (χ3v) is 4.31. The second kappa shape index (κ2) is 8.05. The molecule has 8 heteroatoms. The van der Waals surface area contributed by atoms with Gasteiger partial charge in [-0.05, 0) is 42.8 Å². The van der Waals surface area contributed by atoms with Gasteiger partial charge in [-0.2, -0.15) is 0 Å². The Morgan fingerprint density at radius 1 is 1.14 bits per heavy atom. The highest BCUT2D eigenvalue weighted by Crippen LogP contribution is 2.24. The van der Waals surface area contributed by atoms with E-state index in [-0.39, 0.29) is 28.9 Å². The van der Waals surface area contributed by atoms with Crippen LogP contribution in [-0.4, -0.2) is 41.7 Å². The molecule has 3 rings (SSSR count). The molecule has 148 valence electrons. The molecule has 2 aromatic rings. The first kappa shape index (κ1) is 19.9. The predicted octanol–water partition coefficient (Wildman–Crippen LogP) is 2.71. The molecule has 1 aliphatic heterocycles. The molecule has 0 atom stereocenters. The SMILES string of the molecule is C=CCN1C(=O)c2ccc(C(=O)OCC(=O)Nc3ccc(C)c(F)c3)cc2C1=O. The maximum absolute atomic E-state index is 13.5. The van der Waals surface area contributed by atoms with Crippen molar-refractivity contribution in [1.82, 2.24) is 4.90 Å². The van der Waals surface area contributed by atoms with Crippen LogP contribution in [0.3, 0.4) is 0 Å². The molecule has 3 amide bonds. The Morgan fingerprint density at radius 3 is 2.55 bits per heavy atom. The summed E-state index contributed by atoms with van der Waals surface area (Å²) in [6.45, 7) is 4.56. The Labute approximate surface area is 165 Å². The number of esters is 1. The van der Waals surface area contributed by atoms with Gasteiger partial charge in [0.05, 0.1) is 16.7 Å². The number of carbonyl (C=O) groups excluding carboxylic acids is 4. The fourth-order valence-electron chi connectivity index (χ4n) is 2.79. The number of amides is 3. The van der Waals surface area contributed by atoms with Crippen molar-refractivity contribution in [2.75, 3.05) is 18.5 Å². The lowest BCUT2D eigenvalue weighted by Crippen LogP contribution is -2.29. The first-order chi connectivity index (χ1) is 13.8. The number of nitrogens with one attached hydrogen (secondary N) is 1. The first-order valence-corrected chi connectivity index (χ1v) is 8.66. The molecule has 0 aromatic heterocycles. The van der Waals surface area contributed by atoms with Crippen molar-refractivity contribution in [1.29, 1.82) is 0 Å². The minimum Gasteiger partial charge on any atom is -0.452 e. The van der Waals surface area contributed by atoms with Gasteiger partial charge in [0.1, 0.15) is 5.82 Å². The molecule has 0 radical (unpaired) electrons. The van der Waals surface area contributed by atoms with Crippen LogP contribution in [0.5, 0.6) is 0 Å². The quantitative estimate of drug-likeness (QED) is 0.460. The van der Waals surface area contributed by atoms with Crippen molar-refractivity contribution in [3.05, 3.63) is 77.1 Å². The maximum atomic E-state index is 13.5. The molecule has 0 spiro atoms. The Kier molecular flexibility index (Phi) is 5.54. The summed E-state index contributed by atoms with van der Waals surface area (Å²) in [7, 11) is 0. The predicted molar refractivity (Wildman–Crippen MR) is 102 cm³/mol. The second-order valence-corrected chi connectivity index (χ2v) is 6.36. The third kappa shape index (κ3) is 4.06. The highest BCUT2D eigenvalue weighted by molar-refractivity contribution is 6.22. The van der Waals surface area contributed by atoms with E-state index in [4.69, 9.17) is 4.74 Å². The van der Waals surface area contributed by atoms with Crippen LogP contribution in [0.25, 0.3) is 0 Å². The van der Waals surface area contributed by atoms with E-state index >= 15 is 0 Å². The number of halogens is 1. The molecule has 0 saturated carbocycles. The smallest absolute Gasteiger partial charge is 0.338 e. The molecule has 0 fully saturated rings. The van der Waals surface area contributed by atoms with Gasteiger partial charge in [-0.25, -0.2) is 9.18 Å². The van der Waals surface area contributed by atoms with Gasteiger partial charge in [0.15, 0.2) is 6.61 Å². The summed E-state index contributed by atoms with van der Waals surface area (Å²) in [6, 6.07) is 8.16. The highest BCUT2D eigenvalue weighted by atomic mass is 19.1. The fraction of sp³-hybridized carbons (Fsp3) is 0.143. The van der Waals surface area contributed by atoms with Crippen LogP contribution in [0.4, 0.5) is 10.1 Å². The van der Waals surface area contributed by atoms with Gasteiger partial charge in [-0.3, -0.25) is 19.3 Å². The maximum Gasteiger partial charge on any atom is 0.338 e. The topological polar surface area (TPSA) is 92.8 Å². The Hall–Kier alpha value is -3.81. The van der Waals surface area contributed by atoms with Gasteiger partial charge in [0.25, 0.3) is 17.7 Å². The van der Waals surface area contributed by atoms with E-state index in [1.165, 1.54) is 36.4 Å². The zero-order chi connectivity index (χ0) is 21.1. The number of nitrogens with zero attached hydrogens (tertiary/aromatic N) is 1. The fourth-order valence-corrected chi connectivity index (χ4v) is 2.79. The van der Waals surface area contributed by atoms with E-state index in [1.54, 1.807) is 6.92 Å². The number of aryl methyl sites for hydroxylation is 1. The summed E-state index contributed by atoms with van der Waals surface area (Å²) in [5.74, 6) is -2.94. The number of anilines is 1. The summed E-state index contributed by atoms with van der Waals surface area (Å²) in [6.07, 6.45) is 1.43. The number of fused-ring (bicyclic) bond motifs is 1. The number of rotatable bonds is 6. The number of imide groups is 1. The molecule has 2 aromatic carbocycles. The second-order valence-electron chi connectivity index (χ2n) is 6.36. The van der Waals surface area contributed by atoms with Crippen molar-refractivity contribution in [2.24, 2.45) is 0 Å². The van der Waals surface area contributed by atoms with Gasteiger partial charge < -0.3 is 10.1 Å². The van der Waals surface area contributed by atoms with Crippen molar-refractivity contribution >= 4 is 29.4 Å². The van der Waals surface area contributed by atoms with E-state index < -0.39 is 36.1 Å². The van der Waals surface area contributed by atoms with E-state index in [2.05, 4.69) is 11.9 Å². The summed E-state index contributed by atoms with van der Waals surface area (Å²) < 4.78 is 18.5. The molecule has 1 N–H and O–H groups in total. The summed E-state index contributed by atoms with van der Waals surface area (Å²) in [5.41, 5.74) is 0.974. The Morgan fingerprint density at radius 2 is 1.86 bits per heavy atom. The van der Waals surface area contributed by atoms with Gasteiger partial charge in [0, 0.05) is 12.2 Å². The zero-order valence-corrected chi connectivity index (χ0v) is 15.5. The summed E-state index contributed by atoms with van der Waals surface area (Å²) in [5, 5.41) is 2.42. The number of ether oxygens (including phenoxy) is 1. The van der Waals surface area contributed by atoms with Gasteiger partial charge >= 0.3 is 5.97 Å². The minimum absolute atomic E-state index is 0.0273. The van der Waals surface area contributed by atoms with Crippen LogP contribution >= 0.6 is 0 Å². The molecule has 0 saturated heterocycles. The van der Waals surface area contributed by atoms with Crippen LogP contribution in [0, 0.1) is 12.7 Å². The monoisotopic (exact) mass is 396 g/mol. The minimum atomic E-state index is -0.833. The van der Waals surface area contributed by atoms with E-state index in [9.17, 15) is 23.6 Å². The van der Waals surface area contributed by atoms with Gasteiger partial charge in [0.2, 0.25) is 0 Å². The van der Waals surface area contributed by atoms with Crippen LogP contribution in [0.15, 0.2) is 49.1 Å². The first-order valence-electron chi connectivity index (χ1n) is 8.66. The van der Waals surface area contributed by atoms with Gasteiger partial charge in [-0.15, -0.1) is 6.58 Å². The molecular weight excluding hydrogens is 379 g/mol. The molecule has 0 unspecified atom stereocenters. The normalized spacial score (nSPS) is 12.6. The molecule has 29 heavy (non-hydrogen) atoms. The van der Waals surface area contributed by atoms with E-state index in [0.717, 1.165) is 11.0 Å². The van der Waals surface area contributed by atoms with Crippen LogP contribution in [0.2, 0.25) is 0 Å². The summed E-state index contributed by atoms with van der Waals surface area (Å²) >= 11 is 0. The van der Waals surface area contributed by atoms with Crippen molar-refractivity contribution < 1.29 is 28.3 Å². The Bertz CT molecular complexity index is 1050. The zero-order valence-electron chi connectivity index (χ0n) is 15.5. The average molecular weight is 396 g/mol. The van der Waals surface area contributed by atoms with Crippen molar-refractivity contribution in [3.8, 4) is 0 Å². The molecule has 1 heterocycles. The largest absolute Gasteiger partial charge is 0.452 e. The number of benzene rings is 2. The van der Waals surface area contributed by atoms with Crippen molar-refractivity contribution in [3.63, 3.8) is 0 Å². The summed E-state index contributed by atoms with van der Waals surface area (Å²) in [4.78, 5) is 49.6.